The molecule has 0 saturated carbocycles. The van der Waals surface area contributed by atoms with Gasteiger partial charge in [-0.05, 0) is 35.0 Å². The molecule has 0 amide bonds. The Kier molecular flexibility index (Phi) is 3.62. The molecule has 3 aromatic rings. The normalized spacial score (nSPS) is 10.6. The van der Waals surface area contributed by atoms with E-state index in [0.29, 0.717) is 17.4 Å². The van der Waals surface area contributed by atoms with Crippen LogP contribution in [0.5, 0.6) is 5.88 Å². The van der Waals surface area contributed by atoms with Gasteiger partial charge in [-0.15, -0.1) is 0 Å². The summed E-state index contributed by atoms with van der Waals surface area (Å²) in [6.07, 6.45) is 1.41. The minimum absolute atomic E-state index is 0.359. The van der Waals surface area contributed by atoms with Crippen LogP contribution in [-0.2, 0) is 0 Å². The molecule has 0 aliphatic rings. The number of rotatable bonds is 3. The molecule has 0 fully saturated rings. The Morgan fingerprint density at radius 3 is 2.67 bits per heavy atom. The number of nitrogens with zero attached hydrogens (tertiary/aromatic N) is 2. The van der Waals surface area contributed by atoms with Crippen LogP contribution in [0, 0.1) is 0 Å². The van der Waals surface area contributed by atoms with Gasteiger partial charge in [0.05, 0.1) is 7.11 Å². The maximum atomic E-state index is 5.96. The number of aromatic nitrogens is 2. The van der Waals surface area contributed by atoms with E-state index in [4.69, 9.17) is 10.5 Å². The smallest absolute Gasteiger partial charge is 0.242 e. The van der Waals surface area contributed by atoms with Gasteiger partial charge in [0.2, 0.25) is 5.88 Å². The minimum atomic E-state index is 0.359. The van der Waals surface area contributed by atoms with E-state index in [0.717, 1.165) is 20.9 Å². The van der Waals surface area contributed by atoms with Crippen molar-refractivity contribution in [3.63, 3.8) is 0 Å². The molecule has 1 aromatic heterocycles. The summed E-state index contributed by atoms with van der Waals surface area (Å²) in [6.45, 7) is 0. The summed E-state index contributed by atoms with van der Waals surface area (Å²) in [6, 6.07) is 12.2. The van der Waals surface area contributed by atoms with E-state index < -0.39 is 0 Å². The number of fused-ring (bicyclic) bond motifs is 1. The molecule has 5 nitrogen and oxygen atoms in total. The van der Waals surface area contributed by atoms with Crippen LogP contribution >= 0.6 is 15.9 Å². The molecular weight excluding hydrogens is 332 g/mol. The molecule has 2 aromatic carbocycles. The number of anilines is 3. The molecule has 0 aliphatic heterocycles. The Morgan fingerprint density at radius 1 is 1.10 bits per heavy atom. The molecule has 21 heavy (non-hydrogen) atoms. The average molecular weight is 345 g/mol. The van der Waals surface area contributed by atoms with Gasteiger partial charge in [0.15, 0.2) is 5.82 Å². The first-order valence-corrected chi connectivity index (χ1v) is 7.07. The molecule has 3 N–H and O–H groups in total. The summed E-state index contributed by atoms with van der Waals surface area (Å²) < 4.78 is 6.14. The van der Waals surface area contributed by atoms with E-state index in [-0.39, 0.29) is 0 Å². The maximum absolute atomic E-state index is 5.96. The molecular formula is C15H13BrN4O. The highest BCUT2D eigenvalue weighted by atomic mass is 79.9. The zero-order valence-corrected chi connectivity index (χ0v) is 12.9. The lowest BCUT2D eigenvalue weighted by Gasteiger charge is -2.10. The third kappa shape index (κ3) is 2.75. The van der Waals surface area contributed by atoms with Crippen molar-refractivity contribution in [2.75, 3.05) is 18.2 Å². The zero-order valence-electron chi connectivity index (χ0n) is 11.3. The summed E-state index contributed by atoms with van der Waals surface area (Å²) in [5.74, 6) is 0.885. The van der Waals surface area contributed by atoms with Crippen molar-refractivity contribution in [2.45, 2.75) is 0 Å². The van der Waals surface area contributed by atoms with Crippen LogP contribution in [-0.4, -0.2) is 17.1 Å². The van der Waals surface area contributed by atoms with E-state index in [1.807, 2.05) is 24.3 Å². The third-order valence-corrected chi connectivity index (χ3v) is 3.60. The van der Waals surface area contributed by atoms with Gasteiger partial charge in [-0.3, -0.25) is 0 Å². The number of nitrogen functional groups attached to an aromatic ring is 1. The number of nitrogens with one attached hydrogen (secondary N) is 1. The maximum Gasteiger partial charge on any atom is 0.242 e. The first kappa shape index (κ1) is 13.6. The van der Waals surface area contributed by atoms with E-state index in [1.165, 1.54) is 13.4 Å². The fourth-order valence-corrected chi connectivity index (χ4v) is 2.45. The molecule has 0 bridgehead atoms. The van der Waals surface area contributed by atoms with Gasteiger partial charge < -0.3 is 15.8 Å². The van der Waals surface area contributed by atoms with Crippen molar-refractivity contribution in [2.24, 2.45) is 0 Å². The lowest BCUT2D eigenvalue weighted by atomic mass is 10.1. The highest BCUT2D eigenvalue weighted by Crippen LogP contribution is 2.29. The van der Waals surface area contributed by atoms with Crippen molar-refractivity contribution in [1.29, 1.82) is 0 Å². The number of benzene rings is 2. The number of halogens is 1. The average Bonchev–Trinajstić information content (AvgIpc) is 2.49. The molecule has 0 atom stereocenters. The lowest BCUT2D eigenvalue weighted by Crippen LogP contribution is -2.03. The number of methoxy groups -OCH3 is 1. The van der Waals surface area contributed by atoms with E-state index in [9.17, 15) is 0 Å². The highest BCUT2D eigenvalue weighted by molar-refractivity contribution is 9.10. The number of hydrogen-bond donors (Lipinski definition) is 2. The topological polar surface area (TPSA) is 73.1 Å². The molecule has 0 aliphatic carbocycles. The molecule has 0 unspecified atom stereocenters. The first-order valence-electron chi connectivity index (χ1n) is 6.28. The van der Waals surface area contributed by atoms with Crippen LogP contribution < -0.4 is 15.8 Å². The van der Waals surface area contributed by atoms with Crippen molar-refractivity contribution in [3.05, 3.63) is 47.2 Å². The van der Waals surface area contributed by atoms with Crippen LogP contribution in [0.4, 0.5) is 17.2 Å². The molecule has 106 valence electrons. The quantitative estimate of drug-likeness (QED) is 0.757. The Labute approximate surface area is 130 Å². The fourth-order valence-electron chi connectivity index (χ4n) is 2.07. The third-order valence-electron chi connectivity index (χ3n) is 3.11. The predicted molar refractivity (Wildman–Crippen MR) is 87.9 cm³/mol. The van der Waals surface area contributed by atoms with E-state index in [1.54, 1.807) is 0 Å². The molecule has 3 rings (SSSR count). The molecule has 0 spiro atoms. The van der Waals surface area contributed by atoms with Gasteiger partial charge in [-0.25, -0.2) is 4.98 Å². The van der Waals surface area contributed by atoms with E-state index >= 15 is 0 Å². The Balaban J connectivity index is 1.96. The fraction of sp³-hybridized carbons (Fsp3) is 0.0667. The van der Waals surface area contributed by atoms with Crippen molar-refractivity contribution in [3.8, 4) is 5.88 Å². The predicted octanol–water partition coefficient (Wildman–Crippen LogP) is 3.73. The Morgan fingerprint density at radius 2 is 1.86 bits per heavy atom. The van der Waals surface area contributed by atoms with Crippen molar-refractivity contribution < 1.29 is 4.74 Å². The summed E-state index contributed by atoms with van der Waals surface area (Å²) in [7, 11) is 1.52. The second kappa shape index (κ2) is 5.57. The summed E-state index contributed by atoms with van der Waals surface area (Å²) >= 11 is 3.47. The van der Waals surface area contributed by atoms with Crippen LogP contribution in [0.15, 0.2) is 47.2 Å². The number of nitrogens with two attached hydrogens (primary N) is 1. The van der Waals surface area contributed by atoms with Crippen molar-refractivity contribution in [1.82, 2.24) is 9.97 Å². The SMILES string of the molecule is COc1ncnc(Nc2ccc3cc(Br)ccc3c2)c1N. The second-order valence-electron chi connectivity index (χ2n) is 4.48. The largest absolute Gasteiger partial charge is 0.479 e. The number of hydrogen-bond acceptors (Lipinski definition) is 5. The Hall–Kier alpha value is -2.34. The molecule has 0 radical (unpaired) electrons. The van der Waals surface area contributed by atoms with Gasteiger partial charge in [-0.1, -0.05) is 28.1 Å². The highest BCUT2D eigenvalue weighted by Gasteiger charge is 2.08. The minimum Gasteiger partial charge on any atom is -0.479 e. The van der Waals surface area contributed by atoms with Gasteiger partial charge in [0.25, 0.3) is 0 Å². The monoisotopic (exact) mass is 344 g/mol. The van der Waals surface area contributed by atoms with Crippen LogP contribution in [0.1, 0.15) is 0 Å². The Bertz CT molecular complexity index is 807. The summed E-state index contributed by atoms with van der Waals surface area (Å²) in [5, 5.41) is 5.47. The van der Waals surface area contributed by atoms with Gasteiger partial charge in [0, 0.05) is 10.2 Å². The van der Waals surface area contributed by atoms with Crippen LogP contribution in [0.2, 0.25) is 0 Å². The zero-order chi connectivity index (χ0) is 14.8. The summed E-state index contributed by atoms with van der Waals surface area (Å²) in [4.78, 5) is 8.10. The second-order valence-corrected chi connectivity index (χ2v) is 5.39. The standard InChI is InChI=1S/C15H13BrN4O/c1-21-15-13(17)14(18-8-19-15)20-12-5-3-9-6-11(16)4-2-10(9)7-12/h2-8H,17H2,1H3,(H,18,19,20). The molecule has 6 heteroatoms. The number of ether oxygens (including phenoxy) is 1. The van der Waals surface area contributed by atoms with Gasteiger partial charge >= 0.3 is 0 Å². The van der Waals surface area contributed by atoms with Crippen LogP contribution in [0.3, 0.4) is 0 Å². The van der Waals surface area contributed by atoms with Crippen molar-refractivity contribution >= 4 is 43.9 Å². The van der Waals surface area contributed by atoms with Crippen LogP contribution in [0.25, 0.3) is 10.8 Å². The van der Waals surface area contributed by atoms with E-state index in [2.05, 4.69) is 43.3 Å². The molecule has 1 heterocycles. The van der Waals surface area contributed by atoms with Gasteiger partial charge in [-0.2, -0.15) is 4.98 Å². The molecule has 0 saturated heterocycles. The summed E-state index contributed by atoms with van der Waals surface area (Å²) in [5.41, 5.74) is 7.24. The first-order chi connectivity index (χ1) is 10.2. The lowest BCUT2D eigenvalue weighted by molar-refractivity contribution is 0.399. The van der Waals surface area contributed by atoms with Gasteiger partial charge in [0.1, 0.15) is 12.0 Å².